The summed E-state index contributed by atoms with van der Waals surface area (Å²) in [5.41, 5.74) is 0. The van der Waals surface area contributed by atoms with Gasteiger partial charge in [0, 0.05) is 26.2 Å². The van der Waals surface area contributed by atoms with Crippen LogP contribution in [0.3, 0.4) is 0 Å². The van der Waals surface area contributed by atoms with E-state index in [0.717, 1.165) is 6.07 Å². The van der Waals surface area contributed by atoms with Crippen molar-refractivity contribution in [2.45, 2.75) is 20.8 Å². The van der Waals surface area contributed by atoms with Gasteiger partial charge in [-0.2, -0.15) is 0 Å². The highest BCUT2D eigenvalue weighted by molar-refractivity contribution is 5.49. The van der Waals surface area contributed by atoms with E-state index in [0.29, 0.717) is 19.0 Å². The molecule has 0 radical (unpaired) electrons. The zero-order valence-corrected chi connectivity index (χ0v) is 10.7. The molecular formula is C12H19F2N3. The molecule has 0 aromatic carbocycles. The maximum atomic E-state index is 13.7. The fourth-order valence-electron chi connectivity index (χ4n) is 1.66. The normalized spacial score (nSPS) is 10.8. The molecule has 0 aliphatic rings. The number of pyridine rings is 1. The maximum absolute atomic E-state index is 13.7. The summed E-state index contributed by atoms with van der Waals surface area (Å²) in [6, 6.07) is 0.872. The predicted octanol–water partition coefficient (Wildman–Crippen LogP) is 2.88. The molecule has 0 spiro atoms. The number of nitrogens with zero attached hydrogens (tertiary/aromatic N) is 2. The lowest BCUT2D eigenvalue weighted by molar-refractivity contribution is 0.556. The van der Waals surface area contributed by atoms with E-state index >= 15 is 0 Å². The fourth-order valence-corrected chi connectivity index (χ4v) is 1.66. The van der Waals surface area contributed by atoms with Crippen LogP contribution in [0, 0.1) is 17.6 Å². The third-order valence-electron chi connectivity index (χ3n) is 2.41. The van der Waals surface area contributed by atoms with E-state index in [-0.39, 0.29) is 11.6 Å². The summed E-state index contributed by atoms with van der Waals surface area (Å²) >= 11 is 0. The Kier molecular flexibility index (Phi) is 4.66. The molecule has 0 amide bonds. The lowest BCUT2D eigenvalue weighted by Gasteiger charge is -2.24. The number of aromatic nitrogens is 1. The molecule has 0 saturated heterocycles. The molecule has 0 aliphatic carbocycles. The minimum Gasteiger partial charge on any atom is -0.371 e. The van der Waals surface area contributed by atoms with Crippen molar-refractivity contribution in [3.8, 4) is 0 Å². The van der Waals surface area contributed by atoms with Gasteiger partial charge in [0.1, 0.15) is 0 Å². The average molecular weight is 243 g/mol. The van der Waals surface area contributed by atoms with Crippen LogP contribution in [0.5, 0.6) is 0 Å². The molecule has 0 saturated carbocycles. The first-order valence-electron chi connectivity index (χ1n) is 5.78. The molecule has 17 heavy (non-hydrogen) atoms. The smallest absolute Gasteiger partial charge is 0.168 e. The topological polar surface area (TPSA) is 28.2 Å². The second-order valence-electron chi connectivity index (χ2n) is 4.31. The first-order chi connectivity index (χ1) is 7.99. The summed E-state index contributed by atoms with van der Waals surface area (Å²) in [7, 11) is 1.56. The van der Waals surface area contributed by atoms with Crippen LogP contribution in [0.15, 0.2) is 6.07 Å². The summed E-state index contributed by atoms with van der Waals surface area (Å²) in [4.78, 5) is 5.79. The summed E-state index contributed by atoms with van der Waals surface area (Å²) < 4.78 is 27.0. The molecule has 0 atom stereocenters. The quantitative estimate of drug-likeness (QED) is 0.862. The van der Waals surface area contributed by atoms with E-state index in [1.54, 1.807) is 11.9 Å². The van der Waals surface area contributed by atoms with E-state index in [9.17, 15) is 8.78 Å². The third kappa shape index (κ3) is 3.28. The second kappa shape index (κ2) is 5.80. The Morgan fingerprint density at radius 1 is 1.35 bits per heavy atom. The van der Waals surface area contributed by atoms with Crippen molar-refractivity contribution in [1.82, 2.24) is 4.98 Å². The average Bonchev–Trinajstić information content (AvgIpc) is 2.26. The highest BCUT2D eigenvalue weighted by atomic mass is 19.1. The zero-order chi connectivity index (χ0) is 13.0. The predicted molar refractivity (Wildman–Crippen MR) is 66.4 cm³/mol. The van der Waals surface area contributed by atoms with Gasteiger partial charge in [0.25, 0.3) is 0 Å². The SMILES string of the molecule is CCN(CC(C)C)c1nc(NC)c(F)cc1F. The number of rotatable bonds is 5. The Bertz CT molecular complexity index is 380. The monoisotopic (exact) mass is 243 g/mol. The molecule has 1 heterocycles. The number of hydrogen-bond donors (Lipinski definition) is 1. The van der Waals surface area contributed by atoms with Crippen molar-refractivity contribution in [3.63, 3.8) is 0 Å². The Morgan fingerprint density at radius 2 is 2.00 bits per heavy atom. The highest BCUT2D eigenvalue weighted by Crippen LogP contribution is 2.22. The number of nitrogens with one attached hydrogen (secondary N) is 1. The maximum Gasteiger partial charge on any atom is 0.168 e. The van der Waals surface area contributed by atoms with Crippen LogP contribution in [-0.4, -0.2) is 25.1 Å². The second-order valence-corrected chi connectivity index (χ2v) is 4.31. The molecule has 0 unspecified atom stereocenters. The number of anilines is 2. The lowest BCUT2D eigenvalue weighted by Crippen LogP contribution is -2.29. The van der Waals surface area contributed by atoms with Gasteiger partial charge in [0.15, 0.2) is 23.3 Å². The minimum absolute atomic E-state index is 0.0728. The Balaban J connectivity index is 3.10. The van der Waals surface area contributed by atoms with Crippen LogP contribution in [0.2, 0.25) is 0 Å². The standard InChI is InChI=1S/C12H19F2N3/c1-5-17(7-8(2)3)12-10(14)6-9(13)11(15-4)16-12/h6,8H,5,7H2,1-4H3,(H,15,16). The molecule has 3 nitrogen and oxygen atoms in total. The Hall–Kier alpha value is -1.39. The van der Waals surface area contributed by atoms with E-state index < -0.39 is 11.6 Å². The summed E-state index contributed by atoms with van der Waals surface area (Å²) in [6.07, 6.45) is 0. The van der Waals surface area contributed by atoms with Gasteiger partial charge >= 0.3 is 0 Å². The van der Waals surface area contributed by atoms with Crippen LogP contribution in [-0.2, 0) is 0 Å². The van der Waals surface area contributed by atoms with Gasteiger partial charge < -0.3 is 10.2 Å². The van der Waals surface area contributed by atoms with Gasteiger partial charge in [-0.1, -0.05) is 13.8 Å². The Morgan fingerprint density at radius 3 is 2.47 bits per heavy atom. The van der Waals surface area contributed by atoms with E-state index in [1.807, 2.05) is 20.8 Å². The number of halogens is 2. The summed E-state index contributed by atoms with van der Waals surface area (Å²) in [5, 5.41) is 2.62. The molecule has 0 fully saturated rings. The van der Waals surface area contributed by atoms with Crippen molar-refractivity contribution in [1.29, 1.82) is 0 Å². The van der Waals surface area contributed by atoms with Crippen molar-refractivity contribution < 1.29 is 8.78 Å². The minimum atomic E-state index is -0.672. The van der Waals surface area contributed by atoms with E-state index in [2.05, 4.69) is 10.3 Å². The third-order valence-corrected chi connectivity index (χ3v) is 2.41. The van der Waals surface area contributed by atoms with Gasteiger partial charge in [0.2, 0.25) is 0 Å². The fraction of sp³-hybridized carbons (Fsp3) is 0.583. The van der Waals surface area contributed by atoms with Gasteiger partial charge in [-0.05, 0) is 12.8 Å². The largest absolute Gasteiger partial charge is 0.371 e. The molecule has 5 heteroatoms. The molecule has 1 aromatic heterocycles. The lowest BCUT2D eigenvalue weighted by atomic mass is 10.2. The highest BCUT2D eigenvalue weighted by Gasteiger charge is 2.16. The first-order valence-corrected chi connectivity index (χ1v) is 5.78. The van der Waals surface area contributed by atoms with E-state index in [4.69, 9.17) is 0 Å². The molecule has 0 bridgehead atoms. The zero-order valence-electron chi connectivity index (χ0n) is 10.7. The van der Waals surface area contributed by atoms with Crippen LogP contribution in [0.1, 0.15) is 20.8 Å². The van der Waals surface area contributed by atoms with Crippen molar-refractivity contribution in [2.75, 3.05) is 30.4 Å². The molecule has 1 rings (SSSR count). The van der Waals surface area contributed by atoms with Gasteiger partial charge in [-0.25, -0.2) is 13.8 Å². The summed E-state index contributed by atoms with van der Waals surface area (Å²) in [6.45, 7) is 7.34. The van der Waals surface area contributed by atoms with Crippen LogP contribution >= 0.6 is 0 Å². The summed E-state index contributed by atoms with van der Waals surface area (Å²) in [5.74, 6) is -0.631. The van der Waals surface area contributed by atoms with Crippen molar-refractivity contribution >= 4 is 11.6 Å². The van der Waals surface area contributed by atoms with E-state index in [1.165, 1.54) is 0 Å². The number of hydrogen-bond acceptors (Lipinski definition) is 3. The molecular weight excluding hydrogens is 224 g/mol. The van der Waals surface area contributed by atoms with Crippen LogP contribution in [0.4, 0.5) is 20.4 Å². The molecule has 96 valence electrons. The van der Waals surface area contributed by atoms with Gasteiger partial charge in [-0.15, -0.1) is 0 Å². The van der Waals surface area contributed by atoms with Crippen molar-refractivity contribution in [2.24, 2.45) is 5.92 Å². The van der Waals surface area contributed by atoms with Crippen molar-refractivity contribution in [3.05, 3.63) is 17.7 Å². The molecule has 1 N–H and O–H groups in total. The Labute approximate surface area is 101 Å². The molecule has 1 aromatic rings. The molecule has 0 aliphatic heterocycles. The van der Waals surface area contributed by atoms with Crippen LogP contribution < -0.4 is 10.2 Å². The van der Waals surface area contributed by atoms with Gasteiger partial charge in [-0.3, -0.25) is 0 Å². The first kappa shape index (κ1) is 13.7. The van der Waals surface area contributed by atoms with Crippen LogP contribution in [0.25, 0.3) is 0 Å². The van der Waals surface area contributed by atoms with Gasteiger partial charge in [0.05, 0.1) is 0 Å².